The fraction of sp³-hybridized carbons (Fsp3) is 0. The molecule has 1 heterocycles. The maximum Gasteiger partial charge on any atom is 0.164 e. The number of hydrogen-bond acceptors (Lipinski definition) is 3. The van der Waals surface area contributed by atoms with E-state index in [1.807, 2.05) is 60.7 Å². The normalized spacial score (nSPS) is 11.1. The van der Waals surface area contributed by atoms with Gasteiger partial charge in [-0.1, -0.05) is 188 Å². The molecule has 1 aromatic heterocycles. The van der Waals surface area contributed by atoms with Gasteiger partial charge in [0.05, 0.1) is 0 Å². The highest BCUT2D eigenvalue weighted by atomic mass is 15.0. The van der Waals surface area contributed by atoms with Crippen molar-refractivity contribution < 1.29 is 0 Å². The number of rotatable bonds is 7. The lowest BCUT2D eigenvalue weighted by molar-refractivity contribution is 1.07. The summed E-state index contributed by atoms with van der Waals surface area (Å²) in [5, 5.41) is 2.50. The molecule has 0 aliphatic heterocycles. The van der Waals surface area contributed by atoms with Crippen molar-refractivity contribution in [3.8, 4) is 78.7 Å². The van der Waals surface area contributed by atoms with Gasteiger partial charge in [0.1, 0.15) is 0 Å². The molecule has 3 heteroatoms. The van der Waals surface area contributed by atoms with E-state index in [-0.39, 0.29) is 0 Å². The number of nitrogens with zero attached hydrogens (tertiary/aromatic N) is 3. The second-order valence-corrected chi connectivity index (χ2v) is 12.9. The van der Waals surface area contributed by atoms with Crippen molar-refractivity contribution in [1.29, 1.82) is 0 Å². The Kier molecular flexibility index (Phi) is 8.20. The van der Waals surface area contributed by atoms with Crippen molar-refractivity contribution in [2.24, 2.45) is 0 Å². The van der Waals surface area contributed by atoms with E-state index in [0.29, 0.717) is 17.5 Å². The maximum atomic E-state index is 5.01. The van der Waals surface area contributed by atoms with E-state index in [0.717, 1.165) is 33.4 Å². The molecule has 8 aromatic carbocycles. The molecule has 3 nitrogen and oxygen atoms in total. The Hall–Kier alpha value is -6.97. The minimum atomic E-state index is 0.635. The molecular weight excluding hydrogens is 631 g/mol. The predicted octanol–water partition coefficient (Wildman–Crippen LogP) is 12.7. The zero-order valence-corrected chi connectivity index (χ0v) is 28.4. The topological polar surface area (TPSA) is 38.7 Å². The molecule has 0 amide bonds. The second-order valence-electron chi connectivity index (χ2n) is 12.9. The molecule has 0 aliphatic rings. The number of benzene rings is 8. The summed E-state index contributed by atoms with van der Waals surface area (Å²) in [6.45, 7) is 0. The summed E-state index contributed by atoms with van der Waals surface area (Å²) >= 11 is 0. The minimum absolute atomic E-state index is 0.635. The third-order valence-corrected chi connectivity index (χ3v) is 9.54. The van der Waals surface area contributed by atoms with Crippen molar-refractivity contribution in [1.82, 2.24) is 15.0 Å². The smallest absolute Gasteiger partial charge is 0.164 e. The van der Waals surface area contributed by atoms with Gasteiger partial charge in [0.25, 0.3) is 0 Å². The molecule has 0 aliphatic carbocycles. The second kappa shape index (κ2) is 13.7. The van der Waals surface area contributed by atoms with Gasteiger partial charge >= 0.3 is 0 Å². The number of fused-ring (bicyclic) bond motifs is 1. The Bertz CT molecular complexity index is 2590. The highest BCUT2D eigenvalue weighted by Crippen LogP contribution is 2.41. The van der Waals surface area contributed by atoms with Crippen LogP contribution in [0.15, 0.2) is 200 Å². The van der Waals surface area contributed by atoms with E-state index >= 15 is 0 Å². The van der Waals surface area contributed by atoms with Gasteiger partial charge in [-0.25, -0.2) is 15.0 Å². The molecule has 9 rings (SSSR count). The van der Waals surface area contributed by atoms with Crippen molar-refractivity contribution in [3.05, 3.63) is 200 Å². The first-order chi connectivity index (χ1) is 25.8. The van der Waals surface area contributed by atoms with Gasteiger partial charge in [-0.3, -0.25) is 0 Å². The van der Waals surface area contributed by atoms with E-state index in [9.17, 15) is 0 Å². The van der Waals surface area contributed by atoms with Crippen LogP contribution in [0.1, 0.15) is 0 Å². The van der Waals surface area contributed by atoms with E-state index < -0.39 is 0 Å². The molecule has 244 valence electrons. The molecule has 0 N–H and O–H groups in total. The molecule has 52 heavy (non-hydrogen) atoms. The van der Waals surface area contributed by atoms with Gasteiger partial charge in [0, 0.05) is 16.7 Å². The van der Waals surface area contributed by atoms with Crippen LogP contribution in [0.2, 0.25) is 0 Å². The van der Waals surface area contributed by atoms with Crippen LogP contribution in [0.3, 0.4) is 0 Å². The van der Waals surface area contributed by atoms with Crippen molar-refractivity contribution in [2.75, 3.05) is 0 Å². The monoisotopic (exact) mass is 663 g/mol. The van der Waals surface area contributed by atoms with Crippen molar-refractivity contribution in [2.45, 2.75) is 0 Å². The fourth-order valence-electron chi connectivity index (χ4n) is 6.92. The van der Waals surface area contributed by atoms with Crippen LogP contribution in [-0.2, 0) is 0 Å². The Morgan fingerprint density at radius 2 is 0.673 bits per heavy atom. The van der Waals surface area contributed by atoms with Crippen molar-refractivity contribution >= 4 is 10.8 Å². The van der Waals surface area contributed by atoms with Gasteiger partial charge in [-0.15, -0.1) is 0 Å². The Morgan fingerprint density at radius 3 is 1.31 bits per heavy atom. The molecule has 0 unspecified atom stereocenters. The Labute approximate surface area is 303 Å². The standard InChI is InChI=1S/C49H33N3/c1-4-15-37(16-5-1)46-44(36-29-26-35(27-30-36)41-31-28-34-14-10-11-21-40(34)32-41)24-13-25-45(46)42-22-12-23-43(33-42)49-51-47(38-17-6-2-7-18-38)50-48(52-49)39-19-8-3-9-20-39/h1-33H. The Morgan fingerprint density at radius 1 is 0.231 bits per heavy atom. The third kappa shape index (κ3) is 6.17. The zero-order chi connectivity index (χ0) is 34.7. The molecule has 0 atom stereocenters. The summed E-state index contributed by atoms with van der Waals surface area (Å²) in [7, 11) is 0. The van der Waals surface area contributed by atoms with Crippen LogP contribution in [0.25, 0.3) is 89.4 Å². The summed E-state index contributed by atoms with van der Waals surface area (Å²) < 4.78 is 0. The van der Waals surface area contributed by atoms with Gasteiger partial charge < -0.3 is 0 Å². The van der Waals surface area contributed by atoms with Crippen LogP contribution in [0.5, 0.6) is 0 Å². The lowest BCUT2D eigenvalue weighted by atomic mass is 9.87. The van der Waals surface area contributed by atoms with Gasteiger partial charge in [0.2, 0.25) is 0 Å². The number of aromatic nitrogens is 3. The molecule has 0 saturated heterocycles. The third-order valence-electron chi connectivity index (χ3n) is 9.54. The average Bonchev–Trinajstić information content (AvgIpc) is 3.24. The largest absolute Gasteiger partial charge is 0.208 e. The molecule has 0 spiro atoms. The maximum absolute atomic E-state index is 5.01. The zero-order valence-electron chi connectivity index (χ0n) is 28.4. The summed E-state index contributed by atoms with van der Waals surface area (Å²) in [6, 6.07) is 70.2. The first-order valence-corrected chi connectivity index (χ1v) is 17.5. The molecular formula is C49H33N3. The quantitative estimate of drug-likeness (QED) is 0.170. The minimum Gasteiger partial charge on any atom is -0.208 e. The highest BCUT2D eigenvalue weighted by Gasteiger charge is 2.17. The summed E-state index contributed by atoms with van der Waals surface area (Å²) in [5.41, 5.74) is 12.2. The average molecular weight is 664 g/mol. The van der Waals surface area contributed by atoms with Crippen LogP contribution in [-0.4, -0.2) is 15.0 Å². The lowest BCUT2D eigenvalue weighted by Crippen LogP contribution is -2.00. The van der Waals surface area contributed by atoms with Crippen LogP contribution < -0.4 is 0 Å². The van der Waals surface area contributed by atoms with Gasteiger partial charge in [0.15, 0.2) is 17.5 Å². The highest BCUT2D eigenvalue weighted by molar-refractivity contribution is 5.95. The van der Waals surface area contributed by atoms with E-state index in [2.05, 4.69) is 140 Å². The van der Waals surface area contributed by atoms with Gasteiger partial charge in [-0.2, -0.15) is 0 Å². The van der Waals surface area contributed by atoms with E-state index in [1.54, 1.807) is 0 Å². The lowest BCUT2D eigenvalue weighted by Gasteiger charge is -2.17. The summed E-state index contributed by atoms with van der Waals surface area (Å²) in [5.74, 6) is 1.93. The van der Waals surface area contributed by atoms with E-state index in [1.165, 1.54) is 38.6 Å². The predicted molar refractivity (Wildman–Crippen MR) is 215 cm³/mol. The van der Waals surface area contributed by atoms with Gasteiger partial charge in [-0.05, 0) is 67.4 Å². The molecule has 0 fully saturated rings. The molecule has 0 radical (unpaired) electrons. The summed E-state index contributed by atoms with van der Waals surface area (Å²) in [6.07, 6.45) is 0. The molecule has 0 bridgehead atoms. The fourth-order valence-corrected chi connectivity index (χ4v) is 6.92. The SMILES string of the molecule is c1ccc(-c2nc(-c3ccccc3)nc(-c3cccc(-c4cccc(-c5ccc(-c6ccc7ccccc7c6)cc5)c4-c4ccccc4)c3)n2)cc1. The molecule has 9 aromatic rings. The number of hydrogen-bond donors (Lipinski definition) is 0. The van der Waals surface area contributed by atoms with Crippen LogP contribution in [0.4, 0.5) is 0 Å². The summed E-state index contributed by atoms with van der Waals surface area (Å²) in [4.78, 5) is 14.9. The Balaban J connectivity index is 1.15. The molecule has 0 saturated carbocycles. The first kappa shape index (κ1) is 31.0. The van der Waals surface area contributed by atoms with Crippen molar-refractivity contribution in [3.63, 3.8) is 0 Å². The van der Waals surface area contributed by atoms with E-state index in [4.69, 9.17) is 15.0 Å². The van der Waals surface area contributed by atoms with Crippen LogP contribution >= 0.6 is 0 Å². The first-order valence-electron chi connectivity index (χ1n) is 17.5. The van der Waals surface area contributed by atoms with Crippen LogP contribution in [0, 0.1) is 0 Å².